The average Bonchev–Trinajstić information content (AvgIpc) is 2.70. The molecule has 0 saturated carbocycles. The van der Waals surface area contributed by atoms with Crippen LogP contribution in [0.2, 0.25) is 0 Å². The molecule has 1 spiro atoms. The summed E-state index contributed by atoms with van der Waals surface area (Å²) in [5, 5.41) is 0. The van der Waals surface area contributed by atoms with Gasteiger partial charge in [0.1, 0.15) is 6.10 Å². The summed E-state index contributed by atoms with van der Waals surface area (Å²) < 4.78 is 5.45. The molecule has 2 amide bonds. The van der Waals surface area contributed by atoms with Gasteiger partial charge >= 0.3 is 0 Å². The van der Waals surface area contributed by atoms with Crippen molar-refractivity contribution in [1.29, 1.82) is 0 Å². The largest absolute Gasteiger partial charge is 0.369 e. The zero-order valence-electron chi connectivity index (χ0n) is 16.5. The Morgan fingerprint density at radius 3 is 2.74 bits per heavy atom. The van der Waals surface area contributed by atoms with Crippen LogP contribution < -0.4 is 0 Å². The summed E-state index contributed by atoms with van der Waals surface area (Å²) in [5.74, 6) is 0.339. The number of likely N-dealkylation sites (tertiary alicyclic amines) is 2. The maximum atomic E-state index is 12.5. The van der Waals surface area contributed by atoms with Crippen LogP contribution in [0.5, 0.6) is 0 Å². The first kappa shape index (κ1) is 19.8. The standard InChI is InChI=1S/C21H31N3O3/c1-3-27-17(2)20(26)23-14-10-21(11-15-23)9-7-19(25)24(16-21)13-8-18-6-4-5-12-22-18/h4-6,12,17H,3,7-11,13-16H2,1-2H3/t17-/m0/s1. The van der Waals surface area contributed by atoms with Crippen molar-refractivity contribution in [3.8, 4) is 0 Å². The summed E-state index contributed by atoms with van der Waals surface area (Å²) in [6.07, 6.45) is 5.70. The van der Waals surface area contributed by atoms with Crippen LogP contribution in [-0.4, -0.2) is 65.5 Å². The molecule has 0 aliphatic carbocycles. The molecule has 0 aromatic carbocycles. The second-order valence-electron chi connectivity index (χ2n) is 7.81. The molecule has 148 valence electrons. The lowest BCUT2D eigenvalue weighted by Gasteiger charge is -2.47. The first-order chi connectivity index (χ1) is 13.0. The fraction of sp³-hybridized carbons (Fsp3) is 0.667. The number of nitrogens with zero attached hydrogens (tertiary/aromatic N) is 3. The molecule has 2 aliphatic heterocycles. The van der Waals surface area contributed by atoms with Crippen LogP contribution in [0, 0.1) is 5.41 Å². The van der Waals surface area contributed by atoms with E-state index in [4.69, 9.17) is 4.74 Å². The van der Waals surface area contributed by atoms with Gasteiger partial charge in [-0.05, 0) is 50.7 Å². The van der Waals surface area contributed by atoms with Crippen LogP contribution in [-0.2, 0) is 20.7 Å². The third-order valence-electron chi connectivity index (χ3n) is 6.01. The minimum absolute atomic E-state index is 0.0885. The highest BCUT2D eigenvalue weighted by Crippen LogP contribution is 2.40. The lowest BCUT2D eigenvalue weighted by molar-refractivity contribution is -0.148. The summed E-state index contributed by atoms with van der Waals surface area (Å²) in [6, 6.07) is 5.90. The molecule has 0 radical (unpaired) electrons. The zero-order valence-corrected chi connectivity index (χ0v) is 16.5. The van der Waals surface area contributed by atoms with Gasteiger partial charge in [-0.25, -0.2) is 0 Å². The lowest BCUT2D eigenvalue weighted by atomic mass is 9.72. The molecule has 1 aromatic heterocycles. The normalized spacial score (nSPS) is 20.7. The third kappa shape index (κ3) is 4.86. The Labute approximate surface area is 161 Å². The molecular formula is C21H31N3O3. The molecule has 3 heterocycles. The Bertz CT molecular complexity index is 641. The first-order valence-corrected chi connectivity index (χ1v) is 10.1. The van der Waals surface area contributed by atoms with Gasteiger partial charge in [0.2, 0.25) is 5.91 Å². The van der Waals surface area contributed by atoms with Crippen molar-refractivity contribution in [3.05, 3.63) is 30.1 Å². The minimum Gasteiger partial charge on any atom is -0.369 e. The summed E-state index contributed by atoms with van der Waals surface area (Å²) in [6.45, 7) is 7.35. The van der Waals surface area contributed by atoms with E-state index in [9.17, 15) is 9.59 Å². The van der Waals surface area contributed by atoms with Crippen molar-refractivity contribution in [2.45, 2.75) is 52.1 Å². The van der Waals surface area contributed by atoms with Gasteiger partial charge in [0.15, 0.2) is 0 Å². The number of piperidine rings is 2. The maximum absolute atomic E-state index is 12.5. The highest BCUT2D eigenvalue weighted by Gasteiger charge is 2.42. The highest BCUT2D eigenvalue weighted by molar-refractivity contribution is 5.80. The molecule has 0 N–H and O–H groups in total. The van der Waals surface area contributed by atoms with E-state index in [0.29, 0.717) is 13.0 Å². The third-order valence-corrected chi connectivity index (χ3v) is 6.01. The van der Waals surface area contributed by atoms with E-state index >= 15 is 0 Å². The number of ether oxygens (including phenoxy) is 1. The van der Waals surface area contributed by atoms with Crippen molar-refractivity contribution < 1.29 is 14.3 Å². The van der Waals surface area contributed by atoms with E-state index in [2.05, 4.69) is 4.98 Å². The van der Waals surface area contributed by atoms with Crippen molar-refractivity contribution >= 4 is 11.8 Å². The predicted molar refractivity (Wildman–Crippen MR) is 103 cm³/mol. The van der Waals surface area contributed by atoms with Crippen molar-refractivity contribution in [2.24, 2.45) is 5.41 Å². The number of rotatable bonds is 6. The fourth-order valence-corrected chi connectivity index (χ4v) is 4.29. The quantitative estimate of drug-likeness (QED) is 0.767. The Morgan fingerprint density at radius 2 is 2.07 bits per heavy atom. The summed E-state index contributed by atoms with van der Waals surface area (Å²) >= 11 is 0. The van der Waals surface area contributed by atoms with Gasteiger partial charge in [-0.15, -0.1) is 0 Å². The van der Waals surface area contributed by atoms with Crippen LogP contribution in [0.15, 0.2) is 24.4 Å². The zero-order chi connectivity index (χ0) is 19.3. The smallest absolute Gasteiger partial charge is 0.251 e. The van der Waals surface area contributed by atoms with Gasteiger partial charge < -0.3 is 14.5 Å². The van der Waals surface area contributed by atoms with Crippen LogP contribution in [0.1, 0.15) is 45.2 Å². The van der Waals surface area contributed by atoms with Crippen molar-refractivity contribution in [3.63, 3.8) is 0 Å². The van der Waals surface area contributed by atoms with Gasteiger partial charge in [0.05, 0.1) is 0 Å². The topological polar surface area (TPSA) is 62.7 Å². The van der Waals surface area contributed by atoms with Crippen molar-refractivity contribution in [1.82, 2.24) is 14.8 Å². The van der Waals surface area contributed by atoms with Gasteiger partial charge in [0.25, 0.3) is 5.91 Å². The second-order valence-corrected chi connectivity index (χ2v) is 7.81. The second kappa shape index (κ2) is 8.83. The van der Waals surface area contributed by atoms with Gasteiger partial charge in [-0.1, -0.05) is 6.07 Å². The van der Waals surface area contributed by atoms with Crippen molar-refractivity contribution in [2.75, 3.05) is 32.8 Å². The molecule has 0 unspecified atom stereocenters. The summed E-state index contributed by atoms with van der Waals surface area (Å²) in [4.78, 5) is 33.2. The van der Waals surface area contributed by atoms with Crippen LogP contribution in [0.25, 0.3) is 0 Å². The number of carbonyl (C=O) groups is 2. The molecule has 2 fully saturated rings. The number of aromatic nitrogens is 1. The Morgan fingerprint density at radius 1 is 1.30 bits per heavy atom. The average molecular weight is 373 g/mol. The predicted octanol–water partition coefficient (Wildman–Crippen LogP) is 2.28. The minimum atomic E-state index is -0.369. The summed E-state index contributed by atoms with van der Waals surface area (Å²) in [5.41, 5.74) is 1.18. The molecule has 1 atom stereocenters. The number of amides is 2. The molecule has 27 heavy (non-hydrogen) atoms. The van der Waals surface area contributed by atoms with E-state index in [0.717, 1.165) is 57.6 Å². The Kier molecular flexibility index (Phi) is 6.47. The fourth-order valence-electron chi connectivity index (χ4n) is 4.29. The Hall–Kier alpha value is -1.95. The summed E-state index contributed by atoms with van der Waals surface area (Å²) in [7, 11) is 0. The first-order valence-electron chi connectivity index (χ1n) is 10.1. The van der Waals surface area contributed by atoms with Crippen LogP contribution in [0.4, 0.5) is 0 Å². The SMILES string of the molecule is CCO[C@@H](C)C(=O)N1CCC2(CCC(=O)N(CCc3ccccn3)C2)CC1. The molecule has 0 bridgehead atoms. The van der Waals surface area contributed by atoms with E-state index in [-0.39, 0.29) is 23.3 Å². The lowest BCUT2D eigenvalue weighted by Crippen LogP contribution is -2.53. The molecule has 2 aliphatic rings. The molecule has 3 rings (SSSR count). The number of hydrogen-bond acceptors (Lipinski definition) is 4. The molecule has 1 aromatic rings. The number of hydrogen-bond donors (Lipinski definition) is 0. The molecule has 6 nitrogen and oxygen atoms in total. The maximum Gasteiger partial charge on any atom is 0.251 e. The van der Waals surface area contributed by atoms with Gasteiger partial charge in [-0.3, -0.25) is 14.6 Å². The molecule has 2 saturated heterocycles. The Balaban J connectivity index is 1.54. The van der Waals surface area contributed by atoms with Crippen LogP contribution in [0.3, 0.4) is 0 Å². The van der Waals surface area contributed by atoms with E-state index in [1.807, 2.05) is 41.8 Å². The van der Waals surface area contributed by atoms with Gasteiger partial charge in [-0.2, -0.15) is 0 Å². The van der Waals surface area contributed by atoms with E-state index in [1.165, 1.54) is 0 Å². The number of pyridine rings is 1. The van der Waals surface area contributed by atoms with E-state index < -0.39 is 0 Å². The number of carbonyl (C=O) groups excluding carboxylic acids is 2. The van der Waals surface area contributed by atoms with Gasteiger partial charge in [0, 0.05) is 57.5 Å². The molecular weight excluding hydrogens is 342 g/mol. The van der Waals surface area contributed by atoms with Crippen LogP contribution >= 0.6 is 0 Å². The van der Waals surface area contributed by atoms with E-state index in [1.54, 1.807) is 6.20 Å². The monoisotopic (exact) mass is 373 g/mol. The highest BCUT2D eigenvalue weighted by atomic mass is 16.5. The molecule has 6 heteroatoms.